The lowest BCUT2D eigenvalue weighted by molar-refractivity contribution is -0.163. The van der Waals surface area contributed by atoms with Crippen LogP contribution in [0.15, 0.2) is 42.5 Å². The number of amides is 2. The van der Waals surface area contributed by atoms with Gasteiger partial charge in [0.25, 0.3) is 11.8 Å². The van der Waals surface area contributed by atoms with Crippen LogP contribution in [0, 0.1) is 23.7 Å². The van der Waals surface area contributed by atoms with Crippen molar-refractivity contribution in [2.75, 3.05) is 81.2 Å². The fourth-order valence-electron chi connectivity index (χ4n) is 11.2. The normalized spacial score (nSPS) is 21.6. The zero-order valence-corrected chi connectivity index (χ0v) is 40.7. The first-order valence-corrected chi connectivity index (χ1v) is 24.1. The number of aliphatic carboxylic acids is 1. The quantitative estimate of drug-likeness (QED) is 0.0648. The van der Waals surface area contributed by atoms with Crippen LogP contribution < -0.4 is 25.8 Å². The molecular formula is C51H76N8O7. The maximum absolute atomic E-state index is 14.5. The number of hydrogen-bond acceptors (Lipinski definition) is 11. The Balaban J connectivity index is 1.11. The number of nitrogens with zero attached hydrogens (tertiary/aromatic N) is 5. The molecule has 0 saturated heterocycles. The molecule has 1 unspecified atom stereocenters. The van der Waals surface area contributed by atoms with Gasteiger partial charge < -0.3 is 45.6 Å². The summed E-state index contributed by atoms with van der Waals surface area (Å²) in [7, 11) is 9.19. The van der Waals surface area contributed by atoms with Crippen LogP contribution in [-0.4, -0.2) is 146 Å². The van der Waals surface area contributed by atoms with E-state index >= 15 is 0 Å². The third-order valence-electron chi connectivity index (χ3n) is 14.6. The number of ketones is 1. The first-order chi connectivity index (χ1) is 32.1. The summed E-state index contributed by atoms with van der Waals surface area (Å²) in [6.07, 6.45) is 8.79. The van der Waals surface area contributed by atoms with Gasteiger partial charge >= 0.3 is 5.97 Å². The van der Waals surface area contributed by atoms with Gasteiger partial charge in [-0.3, -0.25) is 14.4 Å². The number of ether oxygens (including phenoxy) is 2. The molecule has 4 aliphatic carbocycles. The summed E-state index contributed by atoms with van der Waals surface area (Å²) in [6, 6.07) is 12.6. The maximum atomic E-state index is 14.5. The number of hydrogen-bond donors (Lipinski definition) is 4. The lowest BCUT2D eigenvalue weighted by Gasteiger charge is -2.59. The molecule has 4 bridgehead atoms. The maximum Gasteiger partial charge on any atom is 0.330 e. The number of unbranched alkanes of at least 4 members (excludes halogenated alkanes) is 1. The highest BCUT2D eigenvalue weighted by Gasteiger charge is 2.62. The number of carboxylic acid groups (broad SMARTS) is 1. The monoisotopic (exact) mass is 914 g/mol. The van der Waals surface area contributed by atoms with Gasteiger partial charge in [0.15, 0.2) is 5.69 Å². The van der Waals surface area contributed by atoms with E-state index in [1.807, 2.05) is 37.4 Å². The van der Waals surface area contributed by atoms with Crippen molar-refractivity contribution in [2.24, 2.45) is 29.4 Å². The molecule has 15 heteroatoms. The minimum Gasteiger partial charge on any atom is -0.496 e. The van der Waals surface area contributed by atoms with Crippen LogP contribution >= 0.6 is 0 Å². The number of nitrogens with two attached hydrogens (primary N) is 1. The molecular weight excluding hydrogens is 837 g/mol. The third kappa shape index (κ3) is 11.5. The summed E-state index contributed by atoms with van der Waals surface area (Å²) in [5, 5.41) is 22.2. The van der Waals surface area contributed by atoms with E-state index in [4.69, 9.17) is 16.0 Å². The van der Waals surface area contributed by atoms with Crippen LogP contribution in [0.25, 0.3) is 16.9 Å². The van der Waals surface area contributed by atoms with Gasteiger partial charge in [-0.25, -0.2) is 9.48 Å². The molecule has 66 heavy (non-hydrogen) atoms. The van der Waals surface area contributed by atoms with Gasteiger partial charge in [-0.2, -0.15) is 5.10 Å². The summed E-state index contributed by atoms with van der Waals surface area (Å²) in [4.78, 5) is 60.1. The number of aromatic nitrogens is 2. The second-order valence-corrected chi connectivity index (χ2v) is 19.6. The van der Waals surface area contributed by atoms with Gasteiger partial charge in [-0.05, 0) is 177 Å². The van der Waals surface area contributed by atoms with E-state index in [0.29, 0.717) is 58.9 Å². The Morgan fingerprint density at radius 3 is 2.08 bits per heavy atom. The molecule has 3 aromatic rings. The van der Waals surface area contributed by atoms with E-state index in [-0.39, 0.29) is 41.2 Å². The standard InChI is InChI=1S/C51H76N8O7/c1-33(2)40-31-37(49(62)58(6)24-13-23-56(4)21-12-22-57(5)25-20-53-41(34(3)60)14-9-10-19-52)17-18-43(40)59-44(47-45(65-7)15-11-16-46(47)66-8)32-42(55-59)48(61)54-51(50(63)64)38-27-35-26-36(29-38)30-39(51)28-35/h11,15-18,31-33,35-36,38-39,41,53H,9-10,12-14,19-30,52H2,1-8H3,(H,54,61)(H,63,64)/i/hD. The van der Waals surface area contributed by atoms with Crippen molar-refractivity contribution in [1.29, 1.82) is 0 Å². The van der Waals surface area contributed by atoms with Crippen molar-refractivity contribution in [3.63, 3.8) is 0 Å². The Kier molecular flexibility index (Phi) is 16.9. The first-order valence-electron chi connectivity index (χ1n) is 24.6. The SMILES string of the molecule is [2H]NCCCCC(NCCN(C)CCCN(C)CCCN(C)C(=O)c1ccc(-n2nc(C(=O)NC3(C(=O)O)C4CC5CC(C4)CC3C5)cc2-c2c(OC)cccc2OC)c(C(C)C)c1)C(C)=O. The molecule has 4 saturated carbocycles. The largest absolute Gasteiger partial charge is 0.496 e. The van der Waals surface area contributed by atoms with Crippen LogP contribution in [0.3, 0.4) is 0 Å². The highest BCUT2D eigenvalue weighted by atomic mass is 16.5. The Bertz CT molecular complexity index is 2130. The van der Waals surface area contributed by atoms with Gasteiger partial charge in [0, 0.05) is 32.2 Å². The summed E-state index contributed by atoms with van der Waals surface area (Å²) >= 11 is 0. The fraction of sp³-hybridized carbons (Fsp3) is 0.627. The molecule has 4 fully saturated rings. The van der Waals surface area contributed by atoms with Gasteiger partial charge in [0.05, 0.1) is 37.2 Å². The molecule has 1 heterocycles. The molecule has 4 aliphatic rings. The second kappa shape index (κ2) is 22.8. The number of carboxylic acids is 1. The number of methoxy groups -OCH3 is 2. The molecule has 0 aliphatic heterocycles. The van der Waals surface area contributed by atoms with Crippen LogP contribution in [-0.2, 0) is 9.59 Å². The number of carbonyl (C=O) groups is 4. The summed E-state index contributed by atoms with van der Waals surface area (Å²) in [5.41, 5.74) is 4.33. The lowest BCUT2D eigenvalue weighted by Crippen LogP contribution is -2.70. The zero-order chi connectivity index (χ0) is 48.4. The molecule has 1 aromatic heterocycles. The Labute approximate surface area is 393 Å². The highest BCUT2D eigenvalue weighted by Crippen LogP contribution is 2.58. The van der Waals surface area contributed by atoms with E-state index < -0.39 is 17.4 Å². The molecule has 2 aromatic carbocycles. The van der Waals surface area contributed by atoms with Crippen molar-refractivity contribution in [3.8, 4) is 28.4 Å². The van der Waals surface area contributed by atoms with Gasteiger partial charge in [-0.15, -0.1) is 0 Å². The van der Waals surface area contributed by atoms with Crippen molar-refractivity contribution in [1.82, 2.24) is 35.1 Å². The molecule has 0 spiro atoms. The minimum atomic E-state index is -1.34. The van der Waals surface area contributed by atoms with Crippen LogP contribution in [0.5, 0.6) is 11.5 Å². The number of Topliss-reactive ketones (excluding diaryl/α,β-unsaturated/α-hetero) is 1. The predicted octanol–water partition coefficient (Wildman–Crippen LogP) is 6.08. The number of nitrogens with one attached hydrogen (secondary N) is 2. The van der Waals surface area contributed by atoms with Crippen molar-refractivity contribution in [2.45, 2.75) is 102 Å². The molecule has 7 rings (SSSR count). The number of rotatable bonds is 27. The van der Waals surface area contributed by atoms with E-state index in [1.54, 1.807) is 42.9 Å². The van der Waals surface area contributed by atoms with Gasteiger partial charge in [-0.1, -0.05) is 26.3 Å². The van der Waals surface area contributed by atoms with Gasteiger partial charge in [0.1, 0.15) is 24.2 Å². The Morgan fingerprint density at radius 1 is 0.879 bits per heavy atom. The van der Waals surface area contributed by atoms with Crippen molar-refractivity contribution < 1.29 is 35.2 Å². The topological polar surface area (TPSA) is 185 Å². The predicted molar refractivity (Wildman–Crippen MR) is 258 cm³/mol. The molecule has 5 N–H and O–H groups in total. The molecule has 0 radical (unpaired) electrons. The van der Waals surface area contributed by atoms with Crippen LogP contribution in [0.4, 0.5) is 0 Å². The molecule has 15 nitrogen and oxygen atoms in total. The molecule has 1 atom stereocenters. The Morgan fingerprint density at radius 2 is 1.50 bits per heavy atom. The van der Waals surface area contributed by atoms with E-state index in [9.17, 15) is 24.3 Å². The summed E-state index contributed by atoms with van der Waals surface area (Å²) in [6.45, 7) is 11.3. The summed E-state index contributed by atoms with van der Waals surface area (Å²) < 4.78 is 20.4. The molecule has 2 amide bonds. The molecule has 362 valence electrons. The Hall–Kier alpha value is -4.83. The van der Waals surface area contributed by atoms with Crippen molar-refractivity contribution in [3.05, 3.63) is 59.3 Å². The van der Waals surface area contributed by atoms with Crippen LogP contribution in [0.1, 0.15) is 117 Å². The average Bonchev–Trinajstić information content (AvgIpc) is 3.74. The third-order valence-corrected chi connectivity index (χ3v) is 14.6. The number of benzene rings is 2. The number of carbonyl (C=O) groups excluding carboxylic acids is 3. The van der Waals surface area contributed by atoms with E-state index in [2.05, 4.69) is 54.1 Å². The lowest BCUT2D eigenvalue weighted by atomic mass is 9.48. The average molecular weight is 914 g/mol. The van der Waals surface area contributed by atoms with E-state index in [1.165, 1.54) is 0 Å². The fourth-order valence-corrected chi connectivity index (χ4v) is 11.2. The van der Waals surface area contributed by atoms with Crippen molar-refractivity contribution >= 4 is 23.6 Å². The van der Waals surface area contributed by atoms with E-state index in [0.717, 1.165) is 102 Å². The highest BCUT2D eigenvalue weighted by molar-refractivity contribution is 5.98. The second-order valence-electron chi connectivity index (χ2n) is 19.6. The zero-order valence-electron chi connectivity index (χ0n) is 41.7. The number of likely N-dealkylation sites (N-methyl/N-ethyl adjacent to an activating group) is 1. The van der Waals surface area contributed by atoms with Crippen LogP contribution in [0.2, 0.25) is 1.41 Å². The van der Waals surface area contributed by atoms with Gasteiger partial charge in [0.2, 0.25) is 0 Å². The summed E-state index contributed by atoms with van der Waals surface area (Å²) in [5.74, 6) is 0.333. The minimum absolute atomic E-state index is 0.0423. The smallest absolute Gasteiger partial charge is 0.330 e. The first kappa shape index (κ1) is 49.1.